The average molecular weight is 777 g/mol. The predicted octanol–water partition coefficient (Wildman–Crippen LogP) is 3.34. The van der Waals surface area contributed by atoms with Gasteiger partial charge in [0, 0.05) is 13.0 Å². The molecule has 2 saturated heterocycles. The van der Waals surface area contributed by atoms with Crippen LogP contribution in [0.3, 0.4) is 0 Å². The Morgan fingerprint density at radius 3 is 1.83 bits per heavy atom. The van der Waals surface area contributed by atoms with E-state index in [2.05, 4.69) is 38.2 Å². The summed E-state index contributed by atoms with van der Waals surface area (Å²) in [5.74, 6) is -0.395. The Bertz CT molecular complexity index is 996. The summed E-state index contributed by atoms with van der Waals surface area (Å²) in [4.78, 5) is 12.8. The van der Waals surface area contributed by atoms with Gasteiger partial charge in [0.25, 0.3) is 0 Å². The quantitative estimate of drug-likeness (QED) is 0.0317. The number of carbonyl (C=O) groups excluding carboxylic acids is 1. The second-order valence-electron chi connectivity index (χ2n) is 14.5. The molecule has 11 atom stereocenters. The number of allylic oxidation sites excluding steroid dienone is 4. The Labute approximate surface area is 322 Å². The number of hydrogen-bond acceptors (Lipinski definition) is 14. The number of ether oxygens (including phenoxy) is 6. The molecule has 0 aliphatic carbocycles. The van der Waals surface area contributed by atoms with Crippen LogP contribution in [0.2, 0.25) is 0 Å². The number of aliphatic hydroxyl groups excluding tert-OH is 7. The van der Waals surface area contributed by atoms with Crippen molar-refractivity contribution in [1.29, 1.82) is 0 Å². The van der Waals surface area contributed by atoms with Crippen LogP contribution in [0, 0.1) is 0 Å². The summed E-state index contributed by atoms with van der Waals surface area (Å²) in [5.41, 5.74) is 0. The third kappa shape index (κ3) is 19.1. The number of hydrogen-bond donors (Lipinski definition) is 7. The van der Waals surface area contributed by atoms with Gasteiger partial charge in [-0.2, -0.15) is 0 Å². The Hall–Kier alpha value is -1.53. The molecule has 0 aromatic heterocycles. The number of rotatable bonds is 30. The van der Waals surface area contributed by atoms with Crippen molar-refractivity contribution in [2.24, 2.45) is 0 Å². The van der Waals surface area contributed by atoms with E-state index in [4.69, 9.17) is 28.4 Å². The van der Waals surface area contributed by atoms with Crippen molar-refractivity contribution in [2.75, 3.05) is 33.0 Å². The highest BCUT2D eigenvalue weighted by Gasteiger charge is 2.47. The van der Waals surface area contributed by atoms with Crippen LogP contribution in [-0.4, -0.2) is 142 Å². The molecule has 0 spiro atoms. The molecule has 0 radical (unpaired) electrons. The molecule has 14 nitrogen and oxygen atoms in total. The minimum atomic E-state index is -1.70. The van der Waals surface area contributed by atoms with Gasteiger partial charge in [-0.05, 0) is 38.5 Å². The molecule has 14 heteroatoms. The lowest BCUT2D eigenvalue weighted by Gasteiger charge is -2.42. The van der Waals surface area contributed by atoms with Gasteiger partial charge < -0.3 is 64.2 Å². The maximum absolute atomic E-state index is 12.8. The summed E-state index contributed by atoms with van der Waals surface area (Å²) in [6.45, 7) is 3.53. The first kappa shape index (κ1) is 48.6. The summed E-state index contributed by atoms with van der Waals surface area (Å²) < 4.78 is 33.9. The minimum absolute atomic E-state index is 0.0559. The van der Waals surface area contributed by atoms with Gasteiger partial charge in [-0.25, -0.2) is 0 Å². The maximum atomic E-state index is 12.8. The highest BCUT2D eigenvalue weighted by molar-refractivity contribution is 5.69. The van der Waals surface area contributed by atoms with Gasteiger partial charge >= 0.3 is 5.97 Å². The van der Waals surface area contributed by atoms with Crippen molar-refractivity contribution in [3.8, 4) is 0 Å². The van der Waals surface area contributed by atoms with E-state index in [-0.39, 0.29) is 19.6 Å². The minimum Gasteiger partial charge on any atom is -0.457 e. The van der Waals surface area contributed by atoms with E-state index < -0.39 is 86.7 Å². The van der Waals surface area contributed by atoms with Crippen LogP contribution < -0.4 is 0 Å². The Morgan fingerprint density at radius 2 is 1.17 bits per heavy atom. The van der Waals surface area contributed by atoms with Crippen LogP contribution in [0.5, 0.6) is 0 Å². The van der Waals surface area contributed by atoms with E-state index in [1.165, 1.54) is 32.1 Å². The van der Waals surface area contributed by atoms with Crippen LogP contribution in [0.25, 0.3) is 0 Å². The Morgan fingerprint density at radius 1 is 0.611 bits per heavy atom. The van der Waals surface area contributed by atoms with Crippen molar-refractivity contribution in [3.63, 3.8) is 0 Å². The second kappa shape index (κ2) is 29.7. The van der Waals surface area contributed by atoms with Crippen LogP contribution in [0.15, 0.2) is 24.3 Å². The molecule has 316 valence electrons. The summed E-state index contributed by atoms with van der Waals surface area (Å²) in [5, 5.41) is 71.5. The molecule has 0 amide bonds. The monoisotopic (exact) mass is 776 g/mol. The number of carbonyl (C=O) groups is 1. The van der Waals surface area contributed by atoms with Crippen molar-refractivity contribution < 1.29 is 69.0 Å². The third-order valence-electron chi connectivity index (χ3n) is 9.71. The molecule has 54 heavy (non-hydrogen) atoms. The standard InChI is InChI=1S/C40H72O14/c1-3-5-7-9-11-12-13-14-15-16-17-18-19-21-23-32(42)52-29(26-49-24-22-20-10-8-6-4-2)27-50-39-38(48)36(46)34(44)31(54-39)28-51-40-37(47)35(45)33(43)30(25-41)53-40/h9,11,13-14,29-31,33-41,43-48H,3-8,10,12,15-28H2,1-2H3/b11-9-,14-13-. The van der Waals surface area contributed by atoms with E-state index in [1.54, 1.807) is 0 Å². The fourth-order valence-electron chi connectivity index (χ4n) is 6.24. The van der Waals surface area contributed by atoms with Crippen LogP contribution in [0.1, 0.15) is 123 Å². The fourth-order valence-corrected chi connectivity index (χ4v) is 6.24. The first-order valence-electron chi connectivity index (χ1n) is 20.4. The highest BCUT2D eigenvalue weighted by Crippen LogP contribution is 2.26. The summed E-state index contributed by atoms with van der Waals surface area (Å²) in [6, 6.07) is 0. The number of unbranched alkanes of at least 4 members (excludes halogenated alkanes) is 12. The first-order chi connectivity index (χ1) is 26.1. The highest BCUT2D eigenvalue weighted by atomic mass is 16.7. The SMILES string of the molecule is CCCC/C=C\C/C=C\CCCCCCCC(=O)OC(COCCCCCCCC)COC1OC(COC2OC(CO)C(O)C(O)C2O)C(O)C(O)C1O. The zero-order valence-corrected chi connectivity index (χ0v) is 32.7. The molecule has 0 bridgehead atoms. The first-order valence-corrected chi connectivity index (χ1v) is 20.4. The number of aliphatic hydroxyl groups is 7. The zero-order valence-electron chi connectivity index (χ0n) is 32.7. The Kier molecular flexibility index (Phi) is 26.7. The van der Waals surface area contributed by atoms with Crippen molar-refractivity contribution in [3.05, 3.63) is 24.3 Å². The molecule has 2 aliphatic rings. The third-order valence-corrected chi connectivity index (χ3v) is 9.71. The normalized spacial score (nSPS) is 29.6. The fraction of sp³-hybridized carbons (Fsp3) is 0.875. The van der Waals surface area contributed by atoms with E-state index >= 15 is 0 Å². The lowest BCUT2D eigenvalue weighted by Crippen LogP contribution is -2.61. The molecule has 7 N–H and O–H groups in total. The molecule has 2 rings (SSSR count). The second-order valence-corrected chi connectivity index (χ2v) is 14.5. The summed E-state index contributed by atoms with van der Waals surface area (Å²) >= 11 is 0. The average Bonchev–Trinajstić information content (AvgIpc) is 3.17. The van der Waals surface area contributed by atoms with E-state index in [0.29, 0.717) is 13.0 Å². The van der Waals surface area contributed by atoms with Crippen LogP contribution in [0.4, 0.5) is 0 Å². The molecule has 0 aromatic rings. The largest absolute Gasteiger partial charge is 0.457 e. The number of esters is 1. The predicted molar refractivity (Wildman–Crippen MR) is 201 cm³/mol. The molecule has 2 heterocycles. The molecule has 2 aliphatic heterocycles. The van der Waals surface area contributed by atoms with E-state index in [1.807, 2.05) is 0 Å². The van der Waals surface area contributed by atoms with Crippen LogP contribution in [-0.2, 0) is 33.2 Å². The topological polar surface area (TPSA) is 214 Å². The van der Waals surface area contributed by atoms with E-state index in [9.17, 15) is 40.5 Å². The van der Waals surface area contributed by atoms with Gasteiger partial charge in [0.15, 0.2) is 12.6 Å². The lowest BCUT2D eigenvalue weighted by molar-refractivity contribution is -0.332. The summed E-state index contributed by atoms with van der Waals surface area (Å²) in [7, 11) is 0. The molecule has 11 unspecified atom stereocenters. The van der Waals surface area contributed by atoms with Crippen molar-refractivity contribution in [2.45, 2.75) is 191 Å². The molecule has 2 fully saturated rings. The zero-order chi connectivity index (χ0) is 39.6. The molecular weight excluding hydrogens is 704 g/mol. The molecular formula is C40H72O14. The molecule has 0 aromatic carbocycles. The smallest absolute Gasteiger partial charge is 0.306 e. The van der Waals surface area contributed by atoms with Gasteiger partial charge in [0.1, 0.15) is 54.9 Å². The van der Waals surface area contributed by atoms with Gasteiger partial charge in [-0.3, -0.25) is 4.79 Å². The van der Waals surface area contributed by atoms with Crippen molar-refractivity contribution in [1.82, 2.24) is 0 Å². The summed E-state index contributed by atoms with van der Waals surface area (Å²) in [6.07, 6.45) is 9.97. The van der Waals surface area contributed by atoms with Gasteiger partial charge in [-0.15, -0.1) is 0 Å². The van der Waals surface area contributed by atoms with Crippen molar-refractivity contribution >= 4 is 5.97 Å². The van der Waals surface area contributed by atoms with Gasteiger partial charge in [0.05, 0.1) is 26.4 Å². The van der Waals surface area contributed by atoms with Crippen LogP contribution >= 0.6 is 0 Å². The van der Waals surface area contributed by atoms with Gasteiger partial charge in [-0.1, -0.05) is 102 Å². The van der Waals surface area contributed by atoms with Gasteiger partial charge in [0.2, 0.25) is 0 Å². The molecule has 0 saturated carbocycles. The Balaban J connectivity index is 1.83. The lowest BCUT2D eigenvalue weighted by atomic mass is 9.98. The van der Waals surface area contributed by atoms with E-state index in [0.717, 1.165) is 64.2 Å². The maximum Gasteiger partial charge on any atom is 0.306 e.